The summed E-state index contributed by atoms with van der Waals surface area (Å²) in [6, 6.07) is 20.8. The Hall–Kier alpha value is -3.96. The Labute approximate surface area is 192 Å². The summed E-state index contributed by atoms with van der Waals surface area (Å²) < 4.78 is 25.6. The molecule has 6 rings (SSSR count). The van der Waals surface area contributed by atoms with Gasteiger partial charge in [-0.25, -0.2) is 9.37 Å². The summed E-state index contributed by atoms with van der Waals surface area (Å²) >= 11 is 6.08. The molecule has 0 atom stereocenters. The van der Waals surface area contributed by atoms with Crippen LogP contribution < -0.4 is 10.2 Å². The summed E-state index contributed by atoms with van der Waals surface area (Å²) in [5, 5.41) is 0.802. The molecule has 2 aromatic heterocycles. The Balaban J connectivity index is 1.67. The molecular weight excluding hydrogens is 441 g/mol. The molecule has 1 aliphatic heterocycles. The van der Waals surface area contributed by atoms with Gasteiger partial charge in [0.1, 0.15) is 30.0 Å². The van der Waals surface area contributed by atoms with Crippen LogP contribution in [0.2, 0.25) is 5.02 Å². The van der Waals surface area contributed by atoms with Gasteiger partial charge in [0.05, 0.1) is 22.3 Å². The summed E-state index contributed by atoms with van der Waals surface area (Å²) in [6.45, 7) is 0.246. The molecule has 0 amide bonds. The maximum absolute atomic E-state index is 13.9. The topological polar surface area (TPSA) is 52.3 Å². The van der Waals surface area contributed by atoms with Crippen molar-refractivity contribution in [1.29, 1.82) is 0 Å². The van der Waals surface area contributed by atoms with Gasteiger partial charge >= 0.3 is 0 Å². The lowest BCUT2D eigenvalue weighted by Gasteiger charge is -2.23. The Bertz CT molecular complexity index is 1610. The zero-order chi connectivity index (χ0) is 22.5. The lowest BCUT2D eigenvalue weighted by Crippen LogP contribution is -2.13. The van der Waals surface area contributed by atoms with Gasteiger partial charge in [0.15, 0.2) is 0 Å². The fourth-order valence-electron chi connectivity index (χ4n) is 4.18. The number of fused-ring (bicyclic) bond motifs is 4. The van der Waals surface area contributed by atoms with Crippen molar-refractivity contribution < 1.29 is 13.5 Å². The molecule has 5 aromatic rings. The van der Waals surface area contributed by atoms with Crippen molar-refractivity contribution in [2.75, 3.05) is 0 Å². The first-order valence-electron chi connectivity index (χ1n) is 10.3. The predicted molar refractivity (Wildman–Crippen MR) is 126 cm³/mol. The van der Waals surface area contributed by atoms with Crippen molar-refractivity contribution >= 4 is 22.6 Å². The monoisotopic (exact) mass is 455 g/mol. The second-order valence-electron chi connectivity index (χ2n) is 7.79. The van der Waals surface area contributed by atoms with Crippen molar-refractivity contribution in [3.05, 3.63) is 106 Å². The number of para-hydroxylation sites is 1. The van der Waals surface area contributed by atoms with E-state index >= 15 is 0 Å². The highest BCUT2D eigenvalue weighted by Crippen LogP contribution is 2.41. The van der Waals surface area contributed by atoms with E-state index in [0.717, 1.165) is 28.1 Å². The van der Waals surface area contributed by atoms with Crippen molar-refractivity contribution in [1.82, 2.24) is 4.98 Å². The highest BCUT2D eigenvalue weighted by atomic mass is 35.5. The average molecular weight is 456 g/mol. The summed E-state index contributed by atoms with van der Waals surface area (Å²) in [6.07, 6.45) is 1.42. The van der Waals surface area contributed by atoms with Crippen LogP contribution in [-0.4, -0.2) is 4.98 Å². The quantitative estimate of drug-likeness (QED) is 0.291. The van der Waals surface area contributed by atoms with Crippen molar-refractivity contribution in [3.63, 3.8) is 0 Å². The van der Waals surface area contributed by atoms with Crippen LogP contribution in [0.1, 0.15) is 5.56 Å². The Morgan fingerprint density at radius 3 is 2.58 bits per heavy atom. The van der Waals surface area contributed by atoms with E-state index in [1.54, 1.807) is 12.1 Å². The summed E-state index contributed by atoms with van der Waals surface area (Å²) in [4.78, 5) is 18.3. The number of pyridine rings is 1. The molecule has 160 valence electrons. The lowest BCUT2D eigenvalue weighted by molar-refractivity contribution is 0.302. The molecule has 0 bridgehead atoms. The Morgan fingerprint density at radius 2 is 1.73 bits per heavy atom. The molecule has 0 N–H and O–H groups in total. The van der Waals surface area contributed by atoms with Gasteiger partial charge in [-0.1, -0.05) is 35.9 Å². The molecule has 0 aliphatic carbocycles. The molecule has 0 radical (unpaired) electrons. The third-order valence-corrected chi connectivity index (χ3v) is 6.06. The van der Waals surface area contributed by atoms with E-state index in [4.69, 9.17) is 25.7 Å². The van der Waals surface area contributed by atoms with Crippen LogP contribution in [0.25, 0.3) is 44.6 Å². The van der Waals surface area contributed by atoms with E-state index < -0.39 is 5.82 Å². The van der Waals surface area contributed by atoms with Crippen LogP contribution in [-0.2, 0) is 6.61 Å². The van der Waals surface area contributed by atoms with Crippen LogP contribution >= 0.6 is 11.6 Å². The van der Waals surface area contributed by atoms with Crippen LogP contribution in [0.5, 0.6) is 5.75 Å². The maximum Gasteiger partial charge on any atom is 0.200 e. The molecule has 33 heavy (non-hydrogen) atoms. The van der Waals surface area contributed by atoms with E-state index in [1.807, 2.05) is 42.5 Å². The van der Waals surface area contributed by atoms with Gasteiger partial charge in [-0.15, -0.1) is 0 Å². The Kier molecular flexibility index (Phi) is 4.52. The third kappa shape index (κ3) is 3.29. The zero-order valence-electron chi connectivity index (χ0n) is 17.1. The molecule has 1 aliphatic rings. The van der Waals surface area contributed by atoms with E-state index in [2.05, 4.69) is 0 Å². The first kappa shape index (κ1) is 19.7. The van der Waals surface area contributed by atoms with Gasteiger partial charge < -0.3 is 9.15 Å². The number of hydrogen-bond acceptors (Lipinski definition) is 4. The predicted octanol–water partition coefficient (Wildman–Crippen LogP) is 6.87. The minimum Gasteiger partial charge on any atom is -0.488 e. The fraction of sp³-hybridized carbons (Fsp3) is 0.0370. The number of aromatic nitrogens is 1. The standard InChI is InChI=1S/C27H15ClFNO3/c28-16-7-5-15(6-8-16)23-12-19(21-13-32-24-4-2-1-3-18(24)26(21)30-23)22-14-33-25-10-9-17(29)11-20(25)27(22)31/h1-12,14H,13H2. The maximum atomic E-state index is 13.9. The smallest absolute Gasteiger partial charge is 0.200 e. The van der Waals surface area contributed by atoms with E-state index in [9.17, 15) is 9.18 Å². The molecule has 0 spiro atoms. The normalized spacial score (nSPS) is 12.2. The van der Waals surface area contributed by atoms with Gasteiger partial charge in [0, 0.05) is 21.7 Å². The molecule has 3 aromatic carbocycles. The number of ether oxygens (including phenoxy) is 1. The van der Waals surface area contributed by atoms with Crippen LogP contribution in [0.4, 0.5) is 4.39 Å². The van der Waals surface area contributed by atoms with Crippen LogP contribution in [0.15, 0.2) is 88.3 Å². The highest BCUT2D eigenvalue weighted by molar-refractivity contribution is 6.30. The fourth-order valence-corrected chi connectivity index (χ4v) is 4.30. The van der Waals surface area contributed by atoms with Crippen LogP contribution in [0, 0.1) is 5.82 Å². The number of rotatable bonds is 2. The van der Waals surface area contributed by atoms with Crippen molar-refractivity contribution in [2.45, 2.75) is 6.61 Å². The lowest BCUT2D eigenvalue weighted by atomic mass is 9.92. The first-order valence-corrected chi connectivity index (χ1v) is 10.7. The molecule has 0 saturated carbocycles. The summed E-state index contributed by atoms with van der Waals surface area (Å²) in [7, 11) is 0. The molecule has 3 heterocycles. The summed E-state index contributed by atoms with van der Waals surface area (Å²) in [5.41, 5.74) is 4.85. The second-order valence-corrected chi connectivity index (χ2v) is 8.23. The molecule has 0 fully saturated rings. The number of nitrogens with zero attached hydrogens (tertiary/aromatic N) is 1. The molecule has 4 nitrogen and oxygen atoms in total. The molecule has 0 saturated heterocycles. The summed E-state index contributed by atoms with van der Waals surface area (Å²) in [5.74, 6) is 0.229. The Morgan fingerprint density at radius 1 is 0.909 bits per heavy atom. The third-order valence-electron chi connectivity index (χ3n) is 5.80. The number of benzene rings is 3. The highest BCUT2D eigenvalue weighted by Gasteiger charge is 2.25. The minimum atomic E-state index is -0.497. The minimum absolute atomic E-state index is 0.184. The molecule has 0 unspecified atom stereocenters. The largest absolute Gasteiger partial charge is 0.488 e. The average Bonchev–Trinajstić information content (AvgIpc) is 2.84. The van der Waals surface area contributed by atoms with E-state index in [0.29, 0.717) is 27.4 Å². The zero-order valence-corrected chi connectivity index (χ0v) is 17.9. The number of hydrogen-bond donors (Lipinski definition) is 0. The molecule has 6 heteroatoms. The van der Waals surface area contributed by atoms with Crippen molar-refractivity contribution in [3.8, 4) is 39.4 Å². The second kappa shape index (κ2) is 7.57. The molecular formula is C27H15ClFNO3. The number of halogens is 2. The SMILES string of the molecule is O=c1c(-c2cc(-c3ccc(Cl)cc3)nc3c2COc2ccccc2-3)coc2ccc(F)cc12. The first-order chi connectivity index (χ1) is 16.1. The van der Waals surface area contributed by atoms with Gasteiger partial charge in [-0.3, -0.25) is 4.79 Å². The van der Waals surface area contributed by atoms with Crippen LogP contribution in [0.3, 0.4) is 0 Å². The van der Waals surface area contributed by atoms with E-state index in [1.165, 1.54) is 24.5 Å². The van der Waals surface area contributed by atoms with E-state index in [-0.39, 0.29) is 17.4 Å². The van der Waals surface area contributed by atoms with Gasteiger partial charge in [-0.2, -0.15) is 0 Å². The van der Waals surface area contributed by atoms with Crippen molar-refractivity contribution in [2.24, 2.45) is 0 Å². The van der Waals surface area contributed by atoms with Gasteiger partial charge in [0.2, 0.25) is 5.43 Å². The van der Waals surface area contributed by atoms with Gasteiger partial charge in [-0.05, 0) is 54.1 Å². The van der Waals surface area contributed by atoms with Gasteiger partial charge in [0.25, 0.3) is 0 Å².